The highest BCUT2D eigenvalue weighted by Crippen LogP contribution is 2.27. The summed E-state index contributed by atoms with van der Waals surface area (Å²) in [5, 5.41) is 11.8. The fourth-order valence-electron chi connectivity index (χ4n) is 3.86. The summed E-state index contributed by atoms with van der Waals surface area (Å²) >= 11 is 0. The van der Waals surface area contributed by atoms with Crippen LogP contribution in [0.1, 0.15) is 24.8 Å². The van der Waals surface area contributed by atoms with E-state index >= 15 is 0 Å². The normalized spacial score (nSPS) is 15.9. The zero-order valence-electron chi connectivity index (χ0n) is 15.8. The predicted molar refractivity (Wildman–Crippen MR) is 105 cm³/mol. The molecule has 0 bridgehead atoms. The molecule has 0 unspecified atom stereocenters. The van der Waals surface area contributed by atoms with Crippen LogP contribution in [0, 0.1) is 5.92 Å². The van der Waals surface area contributed by atoms with E-state index < -0.39 is 0 Å². The van der Waals surface area contributed by atoms with Crippen LogP contribution in [0.4, 0.5) is 0 Å². The highest BCUT2D eigenvalue weighted by molar-refractivity contribution is 5.63. The lowest BCUT2D eigenvalue weighted by molar-refractivity contribution is 0.168. The van der Waals surface area contributed by atoms with Crippen molar-refractivity contribution in [2.24, 2.45) is 5.92 Å². The second-order valence-corrected chi connectivity index (χ2v) is 7.28. The van der Waals surface area contributed by atoms with E-state index in [9.17, 15) is 0 Å². The Hall–Kier alpha value is -2.60. The summed E-state index contributed by atoms with van der Waals surface area (Å²) in [5.41, 5.74) is 3.52. The molecule has 0 atom stereocenters. The molecule has 0 amide bonds. The Labute approximate surface area is 160 Å². The van der Waals surface area contributed by atoms with E-state index in [2.05, 4.69) is 38.5 Å². The molecule has 6 heteroatoms. The summed E-state index contributed by atoms with van der Waals surface area (Å²) < 4.78 is 7.29. The Morgan fingerprint density at radius 3 is 2.70 bits per heavy atom. The number of aryl methyl sites for hydroxylation is 1. The molecular formula is C21H27N5O. The number of nitrogens with zero attached hydrogens (tertiary/aromatic N) is 4. The lowest BCUT2D eigenvalue weighted by Crippen LogP contribution is -2.33. The molecule has 1 fully saturated rings. The first kappa shape index (κ1) is 17.8. The maximum absolute atomic E-state index is 5.25. The molecule has 0 aliphatic carbocycles. The highest BCUT2D eigenvalue weighted by atomic mass is 16.5. The van der Waals surface area contributed by atoms with Crippen molar-refractivity contribution in [1.29, 1.82) is 0 Å². The van der Waals surface area contributed by atoms with Crippen LogP contribution in [0.15, 0.2) is 48.9 Å². The number of nitrogens with one attached hydrogen (secondary N) is 1. The largest absolute Gasteiger partial charge is 0.497 e. The van der Waals surface area contributed by atoms with Crippen molar-refractivity contribution in [3.63, 3.8) is 0 Å². The van der Waals surface area contributed by atoms with Crippen molar-refractivity contribution in [1.82, 2.24) is 24.9 Å². The Morgan fingerprint density at radius 1 is 1.19 bits per heavy atom. The number of aromatic amines is 1. The van der Waals surface area contributed by atoms with E-state index in [0.717, 1.165) is 49.1 Å². The molecule has 3 aromatic rings. The molecule has 0 saturated carbocycles. The van der Waals surface area contributed by atoms with Crippen LogP contribution in [-0.2, 0) is 13.1 Å². The van der Waals surface area contributed by atoms with Crippen LogP contribution >= 0.6 is 0 Å². The van der Waals surface area contributed by atoms with Gasteiger partial charge in [-0.05, 0) is 68.6 Å². The summed E-state index contributed by atoms with van der Waals surface area (Å²) in [7, 11) is 1.69. The molecule has 2 aromatic heterocycles. The minimum Gasteiger partial charge on any atom is -0.497 e. The summed E-state index contributed by atoms with van der Waals surface area (Å²) in [6, 6.07) is 10.1. The SMILES string of the molecule is COc1ccc(-c2[nH]ncc2CN2CCC(CCn3cccn3)CC2)cc1. The first-order valence-corrected chi connectivity index (χ1v) is 9.68. The molecular weight excluding hydrogens is 338 g/mol. The van der Waals surface area contributed by atoms with Gasteiger partial charge in [0.15, 0.2) is 0 Å². The van der Waals surface area contributed by atoms with Crippen LogP contribution in [0.25, 0.3) is 11.3 Å². The van der Waals surface area contributed by atoms with Crippen molar-refractivity contribution >= 4 is 0 Å². The van der Waals surface area contributed by atoms with Gasteiger partial charge in [0.1, 0.15) is 5.75 Å². The van der Waals surface area contributed by atoms with Gasteiger partial charge in [0.25, 0.3) is 0 Å². The molecule has 4 rings (SSSR count). The highest BCUT2D eigenvalue weighted by Gasteiger charge is 2.20. The third-order valence-electron chi connectivity index (χ3n) is 5.52. The molecule has 0 spiro atoms. The molecule has 27 heavy (non-hydrogen) atoms. The number of aromatic nitrogens is 4. The molecule has 1 aliphatic rings. The number of rotatable bonds is 7. The summed E-state index contributed by atoms with van der Waals surface area (Å²) in [4.78, 5) is 2.54. The maximum Gasteiger partial charge on any atom is 0.118 e. The van der Waals surface area contributed by atoms with Gasteiger partial charge in [-0.25, -0.2) is 0 Å². The van der Waals surface area contributed by atoms with E-state index in [1.807, 2.05) is 35.3 Å². The number of hydrogen-bond acceptors (Lipinski definition) is 4. The van der Waals surface area contributed by atoms with Crippen molar-refractivity contribution < 1.29 is 4.74 Å². The molecule has 1 saturated heterocycles. The van der Waals surface area contributed by atoms with E-state index in [4.69, 9.17) is 4.74 Å². The average Bonchev–Trinajstić information content (AvgIpc) is 3.40. The van der Waals surface area contributed by atoms with Gasteiger partial charge in [0.05, 0.1) is 19.0 Å². The fourth-order valence-corrected chi connectivity index (χ4v) is 3.86. The fraction of sp³-hybridized carbons (Fsp3) is 0.429. The molecule has 1 aromatic carbocycles. The second kappa shape index (κ2) is 8.39. The van der Waals surface area contributed by atoms with E-state index in [1.165, 1.54) is 24.8 Å². The summed E-state index contributed by atoms with van der Waals surface area (Å²) in [6.45, 7) is 4.28. The molecule has 6 nitrogen and oxygen atoms in total. The third kappa shape index (κ3) is 4.39. The van der Waals surface area contributed by atoms with Gasteiger partial charge in [-0.15, -0.1) is 0 Å². The third-order valence-corrected chi connectivity index (χ3v) is 5.52. The Morgan fingerprint density at radius 2 is 2.00 bits per heavy atom. The number of methoxy groups -OCH3 is 1. The topological polar surface area (TPSA) is 59.0 Å². The quantitative estimate of drug-likeness (QED) is 0.695. The van der Waals surface area contributed by atoms with Crippen LogP contribution < -0.4 is 4.74 Å². The minimum atomic E-state index is 0.802. The number of H-pyrrole nitrogens is 1. The molecule has 0 radical (unpaired) electrons. The standard InChI is InChI=1S/C21H27N5O/c1-27-20-5-3-18(4-6-20)21-19(15-22-24-21)16-25-12-7-17(8-13-25)9-14-26-11-2-10-23-26/h2-6,10-11,15,17H,7-9,12-14,16H2,1H3,(H,22,24). The summed E-state index contributed by atoms with van der Waals surface area (Å²) in [5.74, 6) is 1.67. The number of benzene rings is 1. The zero-order chi connectivity index (χ0) is 18.5. The van der Waals surface area contributed by atoms with Gasteiger partial charge >= 0.3 is 0 Å². The van der Waals surface area contributed by atoms with E-state index in [1.54, 1.807) is 7.11 Å². The Kier molecular flexibility index (Phi) is 5.53. The van der Waals surface area contributed by atoms with Crippen molar-refractivity contribution in [2.75, 3.05) is 20.2 Å². The van der Waals surface area contributed by atoms with Gasteiger partial charge in [0.2, 0.25) is 0 Å². The van der Waals surface area contributed by atoms with E-state index in [0.29, 0.717) is 0 Å². The minimum absolute atomic E-state index is 0.802. The predicted octanol–water partition coefficient (Wildman–Crippen LogP) is 3.58. The van der Waals surface area contributed by atoms with Gasteiger partial charge in [-0.1, -0.05) is 0 Å². The average molecular weight is 365 g/mol. The summed E-state index contributed by atoms with van der Waals surface area (Å²) in [6.07, 6.45) is 9.61. The van der Waals surface area contributed by atoms with Crippen molar-refractivity contribution in [3.05, 3.63) is 54.5 Å². The van der Waals surface area contributed by atoms with Gasteiger partial charge in [-0.3, -0.25) is 14.7 Å². The number of likely N-dealkylation sites (tertiary alicyclic amines) is 1. The zero-order valence-corrected chi connectivity index (χ0v) is 15.8. The second-order valence-electron chi connectivity index (χ2n) is 7.28. The Balaban J connectivity index is 1.31. The lowest BCUT2D eigenvalue weighted by atomic mass is 9.93. The molecule has 1 N–H and O–H groups in total. The monoisotopic (exact) mass is 365 g/mol. The van der Waals surface area contributed by atoms with Crippen LogP contribution in [0.2, 0.25) is 0 Å². The van der Waals surface area contributed by atoms with Crippen LogP contribution in [0.3, 0.4) is 0 Å². The van der Waals surface area contributed by atoms with Gasteiger partial charge in [0, 0.05) is 36.6 Å². The first-order valence-electron chi connectivity index (χ1n) is 9.68. The van der Waals surface area contributed by atoms with Crippen molar-refractivity contribution in [2.45, 2.75) is 32.4 Å². The molecule has 1 aliphatic heterocycles. The smallest absolute Gasteiger partial charge is 0.118 e. The van der Waals surface area contributed by atoms with Crippen LogP contribution in [-0.4, -0.2) is 45.1 Å². The molecule has 142 valence electrons. The number of ether oxygens (including phenoxy) is 1. The number of piperidine rings is 1. The molecule has 3 heterocycles. The van der Waals surface area contributed by atoms with Gasteiger partial charge < -0.3 is 4.74 Å². The number of hydrogen-bond donors (Lipinski definition) is 1. The van der Waals surface area contributed by atoms with E-state index in [-0.39, 0.29) is 0 Å². The van der Waals surface area contributed by atoms with Crippen LogP contribution in [0.5, 0.6) is 5.75 Å². The van der Waals surface area contributed by atoms with Crippen molar-refractivity contribution in [3.8, 4) is 17.0 Å². The van der Waals surface area contributed by atoms with Gasteiger partial charge in [-0.2, -0.15) is 10.2 Å². The Bertz CT molecular complexity index is 817. The lowest BCUT2D eigenvalue weighted by Gasteiger charge is -2.31. The first-order chi connectivity index (χ1) is 13.3. The maximum atomic E-state index is 5.25.